The third kappa shape index (κ3) is 0.798. The van der Waals surface area contributed by atoms with Gasteiger partial charge >= 0.3 is 0 Å². The Morgan fingerprint density at radius 3 is 1.28 bits per heavy atom. The van der Waals surface area contributed by atoms with Gasteiger partial charge in [0.1, 0.15) is 0 Å². The van der Waals surface area contributed by atoms with Crippen LogP contribution in [-0.2, 0) is 0 Å². The lowest BCUT2D eigenvalue weighted by atomic mass is 9.95. The second-order valence-electron chi connectivity index (χ2n) is 4.98. The van der Waals surface area contributed by atoms with Crippen molar-refractivity contribution in [1.82, 2.24) is 4.70 Å². The first-order valence-corrected chi connectivity index (χ1v) is 6.03. The molecule has 2 heteroatoms. The lowest BCUT2D eigenvalue weighted by Crippen LogP contribution is -1.94. The summed E-state index contributed by atoms with van der Waals surface area (Å²) in [5.41, 5.74) is 12.0. The molecule has 0 N–H and O–H groups in total. The first-order valence-electron chi connectivity index (χ1n) is 6.03. The van der Waals surface area contributed by atoms with Crippen LogP contribution in [-0.4, -0.2) is 0 Å². The van der Waals surface area contributed by atoms with Crippen molar-refractivity contribution < 1.29 is 0 Å². The van der Waals surface area contributed by atoms with Crippen molar-refractivity contribution in [2.24, 2.45) is 0 Å². The molecule has 9 rings (SSSR count). The lowest BCUT2D eigenvalue weighted by molar-refractivity contribution is 1.07. The van der Waals surface area contributed by atoms with E-state index in [1.54, 1.807) is 0 Å². The summed E-state index contributed by atoms with van der Waals surface area (Å²) in [7, 11) is 0. The number of rotatable bonds is 0. The minimum Gasteiger partial charge on any atom is -0.493 e. The first kappa shape index (κ1) is 8.59. The van der Waals surface area contributed by atoms with E-state index in [0.29, 0.717) is 0 Å². The summed E-state index contributed by atoms with van der Waals surface area (Å²) in [5, 5.41) is 7.35. The van der Waals surface area contributed by atoms with E-state index in [4.69, 9.17) is 0 Å². The van der Waals surface area contributed by atoms with Crippen LogP contribution in [0.4, 0.5) is 11.4 Å². The Balaban J connectivity index is 2.38. The maximum absolute atomic E-state index is 10.3. The van der Waals surface area contributed by atoms with Gasteiger partial charge < -0.3 is 5.53 Å². The first-order chi connectivity index (χ1) is 8.81. The Kier molecular flexibility index (Phi) is 1.20. The zero-order valence-electron chi connectivity index (χ0n) is 9.51. The van der Waals surface area contributed by atoms with Gasteiger partial charge in [-0.3, -0.25) is 0 Å². The summed E-state index contributed by atoms with van der Waals surface area (Å²) in [6.07, 6.45) is 0. The summed E-state index contributed by atoms with van der Waals surface area (Å²) in [4.78, 5) is 0. The van der Waals surface area contributed by atoms with Crippen LogP contribution in [0.15, 0.2) is 48.5 Å². The summed E-state index contributed by atoms with van der Waals surface area (Å²) in [5.74, 6) is 0. The van der Waals surface area contributed by atoms with Crippen molar-refractivity contribution in [1.29, 1.82) is 0 Å². The summed E-state index contributed by atoms with van der Waals surface area (Å²) >= 11 is 0. The second kappa shape index (κ2) is 2.51. The van der Waals surface area contributed by atoms with Crippen LogP contribution in [0.25, 0.3) is 37.8 Å². The van der Waals surface area contributed by atoms with Crippen molar-refractivity contribution in [3.63, 3.8) is 0 Å². The van der Waals surface area contributed by atoms with Gasteiger partial charge in [0.15, 0.2) is 0 Å². The molecular weight excluding hydrogens is 220 g/mol. The molecule has 2 nitrogen and oxygen atoms in total. The van der Waals surface area contributed by atoms with Crippen molar-refractivity contribution >= 4 is 43.7 Å². The zero-order chi connectivity index (χ0) is 11.9. The summed E-state index contributed by atoms with van der Waals surface area (Å²) in [6.45, 7) is 0. The monoisotopic (exact) mass is 228 g/mol. The average Bonchev–Trinajstić information content (AvgIpc) is 2.56. The third-order valence-corrected chi connectivity index (χ3v) is 3.99. The smallest absolute Gasteiger partial charge is 0.201 e. The van der Waals surface area contributed by atoms with Crippen LogP contribution in [0.2, 0.25) is 0 Å². The molecule has 5 aliphatic heterocycles. The largest absolute Gasteiger partial charge is 0.493 e. The Bertz CT molecular complexity index is 837. The molecule has 4 aromatic rings. The lowest BCUT2D eigenvalue weighted by Gasteiger charge is -2.07. The molecule has 0 unspecified atom stereocenters. The second-order valence-corrected chi connectivity index (χ2v) is 4.98. The zero-order valence-corrected chi connectivity index (χ0v) is 9.51. The summed E-state index contributed by atoms with van der Waals surface area (Å²) < 4.78 is 1.28. The molecule has 5 aliphatic rings. The number of hydrogen-bond donors (Lipinski definition) is 0. The SMILES string of the molecule is [N-]=[N+]1c2cc3ccc4cc1cc1ccc(c2)c3c41. The molecule has 0 aliphatic carbocycles. The molecule has 0 saturated carbocycles. The van der Waals surface area contributed by atoms with Gasteiger partial charge in [-0.25, -0.2) is 4.70 Å². The van der Waals surface area contributed by atoms with Gasteiger partial charge in [-0.2, -0.15) is 0 Å². The standard InChI is InChI=1S/C16H8N2/c17-18-13-5-9-1-2-10-6-14(18)8-12-4-3-11(7-13)15(9)16(10)12/h1-8H. The van der Waals surface area contributed by atoms with Crippen molar-refractivity contribution in [3.05, 3.63) is 54.1 Å². The molecule has 0 spiro atoms. The Morgan fingerprint density at radius 1 is 0.611 bits per heavy atom. The van der Waals surface area contributed by atoms with Gasteiger partial charge in [0.05, 0.1) is 0 Å². The minimum atomic E-state index is 0.825. The topological polar surface area (TPSA) is 25.3 Å². The highest BCUT2D eigenvalue weighted by Gasteiger charge is 2.19. The number of fused-ring (bicyclic) bond motifs is 2. The maximum Gasteiger partial charge on any atom is 0.201 e. The maximum atomic E-state index is 10.3. The van der Waals surface area contributed by atoms with Gasteiger partial charge in [0.2, 0.25) is 11.4 Å². The third-order valence-electron chi connectivity index (χ3n) is 3.99. The Morgan fingerprint density at radius 2 is 0.944 bits per heavy atom. The molecule has 82 valence electrons. The van der Waals surface area contributed by atoms with Crippen molar-refractivity contribution in [2.45, 2.75) is 0 Å². The van der Waals surface area contributed by atoms with Gasteiger partial charge in [0, 0.05) is 24.3 Å². The van der Waals surface area contributed by atoms with Crippen molar-refractivity contribution in [2.75, 3.05) is 0 Å². The van der Waals surface area contributed by atoms with Gasteiger partial charge in [-0.15, -0.1) is 0 Å². The minimum absolute atomic E-state index is 0.825. The van der Waals surface area contributed by atoms with Gasteiger partial charge in [0.25, 0.3) is 0 Å². The van der Waals surface area contributed by atoms with Crippen molar-refractivity contribution in [3.8, 4) is 0 Å². The predicted octanol–water partition coefficient (Wildman–Crippen LogP) is 4.75. The molecule has 18 heavy (non-hydrogen) atoms. The molecular formula is C16H8N2. The normalized spacial score (nSPS) is 13.7. The fraction of sp³-hybridized carbons (Fsp3) is 0. The fourth-order valence-corrected chi connectivity index (χ4v) is 3.20. The van der Waals surface area contributed by atoms with E-state index < -0.39 is 0 Å². The van der Waals surface area contributed by atoms with E-state index in [1.807, 2.05) is 24.3 Å². The molecule has 0 atom stereocenters. The van der Waals surface area contributed by atoms with Crippen LogP contribution in [0.3, 0.4) is 0 Å². The van der Waals surface area contributed by atoms with Crippen LogP contribution in [0.1, 0.15) is 0 Å². The Labute approximate surface area is 103 Å². The van der Waals surface area contributed by atoms with Gasteiger partial charge in [-0.05, 0) is 32.3 Å². The van der Waals surface area contributed by atoms with E-state index in [9.17, 15) is 5.53 Å². The highest BCUT2D eigenvalue weighted by molar-refractivity contribution is 6.24. The Hall–Kier alpha value is -2.48. The summed E-state index contributed by atoms with van der Waals surface area (Å²) in [6, 6.07) is 16.7. The van der Waals surface area contributed by atoms with E-state index in [0.717, 1.165) is 11.4 Å². The average molecular weight is 228 g/mol. The molecule has 0 fully saturated rings. The molecule has 8 bridgehead atoms. The molecule has 5 heterocycles. The van der Waals surface area contributed by atoms with Crippen LogP contribution in [0.5, 0.6) is 0 Å². The van der Waals surface area contributed by atoms with Crippen LogP contribution < -0.4 is 4.70 Å². The predicted molar refractivity (Wildman–Crippen MR) is 75.0 cm³/mol. The number of benzene rings is 4. The molecule has 0 aromatic heterocycles. The number of hydrogen-bond acceptors (Lipinski definition) is 0. The molecule has 4 aromatic carbocycles. The van der Waals surface area contributed by atoms with E-state index in [2.05, 4.69) is 24.3 Å². The van der Waals surface area contributed by atoms with Crippen LogP contribution >= 0.6 is 0 Å². The highest BCUT2D eigenvalue weighted by Crippen LogP contribution is 2.41. The molecule has 0 saturated heterocycles. The quantitative estimate of drug-likeness (QED) is 0.270. The van der Waals surface area contributed by atoms with E-state index >= 15 is 0 Å². The van der Waals surface area contributed by atoms with E-state index in [1.165, 1.54) is 37.0 Å². The number of nitrogens with zero attached hydrogens (tertiary/aromatic N) is 2. The molecule has 0 amide bonds. The highest BCUT2D eigenvalue weighted by atomic mass is 15.2. The molecule has 0 radical (unpaired) electrons. The fourth-order valence-electron chi connectivity index (χ4n) is 3.20. The van der Waals surface area contributed by atoms with Crippen LogP contribution in [0, 0.1) is 0 Å². The van der Waals surface area contributed by atoms with E-state index in [-0.39, 0.29) is 0 Å². The van der Waals surface area contributed by atoms with Gasteiger partial charge in [-0.1, -0.05) is 24.3 Å².